The van der Waals surface area contributed by atoms with Gasteiger partial charge in [-0.15, -0.1) is 10.2 Å². The lowest BCUT2D eigenvalue weighted by Gasteiger charge is -2.10. The topological polar surface area (TPSA) is 50.5 Å². The SMILES string of the molecule is CN(C)C(=O)c1ccc(CSc2nnc3ccc(C(F)(F)F)cn23)cc1. The molecule has 1 amide bonds. The van der Waals surface area contributed by atoms with Gasteiger partial charge in [-0.3, -0.25) is 9.20 Å². The highest BCUT2D eigenvalue weighted by atomic mass is 32.2. The second-order valence-corrected chi connectivity index (χ2v) is 6.75. The minimum atomic E-state index is -4.42. The van der Waals surface area contributed by atoms with E-state index in [2.05, 4.69) is 10.2 Å². The summed E-state index contributed by atoms with van der Waals surface area (Å²) >= 11 is 1.28. The molecule has 3 aromatic rings. The van der Waals surface area contributed by atoms with Crippen molar-refractivity contribution in [3.8, 4) is 0 Å². The summed E-state index contributed by atoms with van der Waals surface area (Å²) in [6.45, 7) is 0. The molecule has 0 N–H and O–H groups in total. The minimum Gasteiger partial charge on any atom is -0.345 e. The van der Waals surface area contributed by atoms with Crippen molar-refractivity contribution in [2.45, 2.75) is 17.1 Å². The zero-order valence-corrected chi connectivity index (χ0v) is 14.8. The van der Waals surface area contributed by atoms with Gasteiger partial charge in [-0.2, -0.15) is 13.2 Å². The van der Waals surface area contributed by atoms with Crippen LogP contribution in [-0.2, 0) is 11.9 Å². The monoisotopic (exact) mass is 380 g/mol. The molecule has 26 heavy (non-hydrogen) atoms. The van der Waals surface area contributed by atoms with E-state index in [9.17, 15) is 18.0 Å². The first kappa shape index (κ1) is 18.2. The van der Waals surface area contributed by atoms with Gasteiger partial charge >= 0.3 is 6.18 Å². The van der Waals surface area contributed by atoms with Gasteiger partial charge in [0, 0.05) is 31.6 Å². The van der Waals surface area contributed by atoms with Crippen LogP contribution in [0.5, 0.6) is 0 Å². The van der Waals surface area contributed by atoms with Gasteiger partial charge in [0.2, 0.25) is 0 Å². The summed E-state index contributed by atoms with van der Waals surface area (Å²) in [7, 11) is 3.36. The van der Waals surface area contributed by atoms with Crippen LogP contribution in [0, 0.1) is 0 Å². The van der Waals surface area contributed by atoms with Crippen molar-refractivity contribution in [1.29, 1.82) is 0 Å². The predicted molar refractivity (Wildman–Crippen MR) is 92.0 cm³/mol. The first-order valence-corrected chi connectivity index (χ1v) is 8.59. The van der Waals surface area contributed by atoms with Crippen molar-refractivity contribution in [3.05, 3.63) is 59.3 Å². The van der Waals surface area contributed by atoms with Crippen molar-refractivity contribution in [3.63, 3.8) is 0 Å². The molecule has 0 unspecified atom stereocenters. The highest BCUT2D eigenvalue weighted by molar-refractivity contribution is 7.98. The summed E-state index contributed by atoms with van der Waals surface area (Å²) in [4.78, 5) is 13.4. The lowest BCUT2D eigenvalue weighted by Crippen LogP contribution is -2.21. The van der Waals surface area contributed by atoms with Crippen LogP contribution in [0.2, 0.25) is 0 Å². The van der Waals surface area contributed by atoms with Crippen molar-refractivity contribution < 1.29 is 18.0 Å². The summed E-state index contributed by atoms with van der Waals surface area (Å²) in [5.41, 5.74) is 1.10. The number of hydrogen-bond acceptors (Lipinski definition) is 4. The third-order valence-corrected chi connectivity index (χ3v) is 4.69. The number of hydrogen-bond donors (Lipinski definition) is 0. The standard InChI is InChI=1S/C17H15F3N4OS/c1-23(2)15(25)12-5-3-11(4-6-12)10-26-16-22-21-14-8-7-13(9-24(14)16)17(18,19)20/h3-9H,10H2,1-2H3. The molecular weight excluding hydrogens is 365 g/mol. The van der Waals surface area contributed by atoms with E-state index in [1.165, 1.54) is 27.1 Å². The van der Waals surface area contributed by atoms with Gasteiger partial charge in [0.1, 0.15) is 0 Å². The Morgan fingerprint density at radius 1 is 1.12 bits per heavy atom. The molecule has 0 radical (unpaired) electrons. The van der Waals surface area contributed by atoms with Crippen LogP contribution in [0.15, 0.2) is 47.8 Å². The number of fused-ring (bicyclic) bond motifs is 1. The van der Waals surface area contributed by atoms with Crippen LogP contribution in [0.3, 0.4) is 0 Å². The molecule has 0 saturated heterocycles. The van der Waals surface area contributed by atoms with Crippen LogP contribution in [0.1, 0.15) is 21.5 Å². The number of carbonyl (C=O) groups excluding carboxylic acids is 1. The van der Waals surface area contributed by atoms with Gasteiger partial charge in [0.25, 0.3) is 5.91 Å². The zero-order chi connectivity index (χ0) is 18.9. The first-order valence-electron chi connectivity index (χ1n) is 7.61. The molecule has 0 aliphatic heterocycles. The fraction of sp³-hybridized carbons (Fsp3) is 0.235. The fourth-order valence-electron chi connectivity index (χ4n) is 2.29. The second kappa shape index (κ2) is 6.99. The van der Waals surface area contributed by atoms with E-state index in [-0.39, 0.29) is 5.91 Å². The molecule has 2 aromatic heterocycles. The Morgan fingerprint density at radius 3 is 2.42 bits per heavy atom. The molecule has 0 spiro atoms. The number of alkyl halides is 3. The number of thioether (sulfide) groups is 1. The molecule has 3 rings (SSSR count). The third kappa shape index (κ3) is 3.82. The Morgan fingerprint density at radius 2 is 1.81 bits per heavy atom. The number of carbonyl (C=O) groups is 1. The second-order valence-electron chi connectivity index (χ2n) is 5.81. The third-order valence-electron chi connectivity index (χ3n) is 3.67. The predicted octanol–water partition coefficient (Wildman–Crippen LogP) is 3.74. The van der Waals surface area contributed by atoms with Gasteiger partial charge in [0.15, 0.2) is 10.8 Å². The Bertz CT molecular complexity index is 935. The Hall–Kier alpha value is -2.55. The van der Waals surface area contributed by atoms with E-state index in [0.29, 0.717) is 22.1 Å². The molecule has 5 nitrogen and oxygen atoms in total. The van der Waals surface area contributed by atoms with Gasteiger partial charge in [0.05, 0.1) is 5.56 Å². The number of nitrogens with zero attached hydrogens (tertiary/aromatic N) is 4. The Kier molecular flexibility index (Phi) is 4.90. The van der Waals surface area contributed by atoms with Crippen molar-refractivity contribution in [1.82, 2.24) is 19.5 Å². The largest absolute Gasteiger partial charge is 0.417 e. The Labute approximate surface area is 151 Å². The van der Waals surface area contributed by atoms with E-state index in [1.807, 2.05) is 12.1 Å². The van der Waals surface area contributed by atoms with Crippen LogP contribution in [0.25, 0.3) is 5.65 Å². The van der Waals surface area contributed by atoms with E-state index in [4.69, 9.17) is 0 Å². The number of amides is 1. The molecule has 0 atom stereocenters. The van der Waals surface area contributed by atoms with Gasteiger partial charge in [-0.25, -0.2) is 0 Å². The Balaban J connectivity index is 1.76. The maximum Gasteiger partial charge on any atom is 0.417 e. The number of aromatic nitrogens is 3. The van der Waals surface area contributed by atoms with E-state index < -0.39 is 11.7 Å². The number of pyridine rings is 1. The summed E-state index contributed by atoms with van der Waals surface area (Å²) in [6.07, 6.45) is -3.42. The van der Waals surface area contributed by atoms with Crippen LogP contribution < -0.4 is 0 Å². The first-order chi connectivity index (χ1) is 12.3. The summed E-state index contributed by atoms with van der Waals surface area (Å²) in [5, 5.41) is 8.21. The molecule has 136 valence electrons. The van der Waals surface area contributed by atoms with E-state index >= 15 is 0 Å². The molecular formula is C17H15F3N4OS. The highest BCUT2D eigenvalue weighted by Crippen LogP contribution is 2.30. The smallest absolute Gasteiger partial charge is 0.345 e. The van der Waals surface area contributed by atoms with Crippen LogP contribution in [-0.4, -0.2) is 39.5 Å². The number of halogens is 3. The van der Waals surface area contributed by atoms with Crippen LogP contribution >= 0.6 is 11.8 Å². The van der Waals surface area contributed by atoms with Crippen LogP contribution in [0.4, 0.5) is 13.2 Å². The van der Waals surface area contributed by atoms with E-state index in [1.54, 1.807) is 26.2 Å². The lowest BCUT2D eigenvalue weighted by atomic mass is 10.1. The molecule has 2 heterocycles. The molecule has 1 aromatic carbocycles. The van der Waals surface area contributed by atoms with E-state index in [0.717, 1.165) is 17.8 Å². The summed E-state index contributed by atoms with van der Waals surface area (Å²) < 4.78 is 39.9. The molecule has 0 aliphatic rings. The normalized spacial score (nSPS) is 11.7. The van der Waals surface area contributed by atoms with Crippen molar-refractivity contribution in [2.75, 3.05) is 14.1 Å². The fourth-order valence-corrected chi connectivity index (χ4v) is 3.16. The average Bonchev–Trinajstić information content (AvgIpc) is 3.01. The number of benzene rings is 1. The van der Waals surface area contributed by atoms with Crippen molar-refractivity contribution in [2.24, 2.45) is 0 Å². The maximum atomic E-state index is 12.9. The molecule has 9 heteroatoms. The van der Waals surface area contributed by atoms with Crippen molar-refractivity contribution >= 4 is 23.3 Å². The average molecular weight is 380 g/mol. The van der Waals surface area contributed by atoms with Gasteiger partial charge in [-0.05, 0) is 29.8 Å². The molecule has 0 bridgehead atoms. The molecule has 0 fully saturated rings. The lowest BCUT2D eigenvalue weighted by molar-refractivity contribution is -0.137. The van der Waals surface area contributed by atoms with Gasteiger partial charge < -0.3 is 4.90 Å². The molecule has 0 saturated carbocycles. The zero-order valence-electron chi connectivity index (χ0n) is 14.0. The maximum absolute atomic E-state index is 12.9. The number of rotatable bonds is 4. The minimum absolute atomic E-state index is 0.0904. The quantitative estimate of drug-likeness (QED) is 0.647. The molecule has 0 aliphatic carbocycles. The summed E-state index contributed by atoms with van der Waals surface area (Å²) in [6, 6.07) is 9.35. The summed E-state index contributed by atoms with van der Waals surface area (Å²) in [5.74, 6) is 0.403. The van der Waals surface area contributed by atoms with Gasteiger partial charge in [-0.1, -0.05) is 23.9 Å². The highest BCUT2D eigenvalue weighted by Gasteiger charge is 2.31.